The molecule has 2 aromatic carbocycles. The largest absolute Gasteiger partial charge is 0.337 e. The van der Waals surface area contributed by atoms with E-state index in [1.165, 1.54) is 11.0 Å². The van der Waals surface area contributed by atoms with Gasteiger partial charge in [0.05, 0.1) is 4.92 Å². The lowest BCUT2D eigenvalue weighted by molar-refractivity contribution is -0.385. The number of aryl methyl sites for hydroxylation is 1. The summed E-state index contributed by atoms with van der Waals surface area (Å²) in [5.74, 6) is -0.266. The minimum Gasteiger partial charge on any atom is -0.337 e. The molecule has 0 atom stereocenters. The zero-order valence-corrected chi connectivity index (χ0v) is 13.0. The highest BCUT2D eigenvalue weighted by atomic mass is 35.5. The second-order valence-electron chi connectivity index (χ2n) is 5.05. The Morgan fingerprint density at radius 3 is 2.45 bits per heavy atom. The monoisotopic (exact) mass is 318 g/mol. The number of carbonyl (C=O) groups is 1. The normalized spacial score (nSPS) is 10.3. The first kappa shape index (κ1) is 16.0. The Morgan fingerprint density at radius 2 is 1.86 bits per heavy atom. The number of benzene rings is 2. The average molecular weight is 319 g/mol. The van der Waals surface area contributed by atoms with Crippen LogP contribution in [0.15, 0.2) is 42.5 Å². The maximum absolute atomic E-state index is 12.4. The number of nitro benzene ring substituents is 1. The summed E-state index contributed by atoms with van der Waals surface area (Å²) >= 11 is 5.82. The van der Waals surface area contributed by atoms with Crippen molar-refractivity contribution in [2.75, 3.05) is 7.05 Å². The van der Waals surface area contributed by atoms with Gasteiger partial charge in [0.25, 0.3) is 11.6 Å². The van der Waals surface area contributed by atoms with Crippen LogP contribution in [-0.4, -0.2) is 22.8 Å². The number of carbonyl (C=O) groups excluding carboxylic acids is 1. The van der Waals surface area contributed by atoms with Crippen LogP contribution >= 0.6 is 11.6 Å². The van der Waals surface area contributed by atoms with Crippen LogP contribution in [0.3, 0.4) is 0 Å². The van der Waals surface area contributed by atoms with Gasteiger partial charge in [0.2, 0.25) is 0 Å². The summed E-state index contributed by atoms with van der Waals surface area (Å²) in [5, 5.41) is 11.6. The van der Waals surface area contributed by atoms with Crippen molar-refractivity contribution in [2.45, 2.75) is 13.5 Å². The van der Waals surface area contributed by atoms with Gasteiger partial charge in [-0.2, -0.15) is 0 Å². The van der Waals surface area contributed by atoms with Crippen LogP contribution in [-0.2, 0) is 6.54 Å². The molecule has 22 heavy (non-hydrogen) atoms. The van der Waals surface area contributed by atoms with Gasteiger partial charge in [-0.25, -0.2) is 0 Å². The van der Waals surface area contributed by atoms with E-state index in [4.69, 9.17) is 11.6 Å². The van der Waals surface area contributed by atoms with Crippen molar-refractivity contribution in [3.63, 3.8) is 0 Å². The number of rotatable bonds is 4. The third-order valence-electron chi connectivity index (χ3n) is 3.33. The van der Waals surface area contributed by atoms with Crippen molar-refractivity contribution < 1.29 is 9.72 Å². The number of nitrogens with zero attached hydrogens (tertiary/aromatic N) is 2. The summed E-state index contributed by atoms with van der Waals surface area (Å²) in [4.78, 5) is 24.4. The fourth-order valence-corrected chi connectivity index (χ4v) is 2.22. The Kier molecular flexibility index (Phi) is 4.78. The van der Waals surface area contributed by atoms with E-state index in [9.17, 15) is 14.9 Å². The van der Waals surface area contributed by atoms with Crippen molar-refractivity contribution in [2.24, 2.45) is 0 Å². The van der Waals surface area contributed by atoms with Gasteiger partial charge in [-0.15, -0.1) is 0 Å². The van der Waals surface area contributed by atoms with Gasteiger partial charge in [0.15, 0.2) is 0 Å². The summed E-state index contributed by atoms with van der Waals surface area (Å²) in [6.07, 6.45) is 0. The maximum Gasteiger partial charge on any atom is 0.273 e. The van der Waals surface area contributed by atoms with Crippen molar-refractivity contribution in [1.82, 2.24) is 4.90 Å². The molecule has 114 valence electrons. The van der Waals surface area contributed by atoms with E-state index in [0.717, 1.165) is 5.56 Å². The van der Waals surface area contributed by atoms with Crippen LogP contribution in [0.4, 0.5) is 5.69 Å². The minimum absolute atomic E-state index is 0.0502. The van der Waals surface area contributed by atoms with Crippen LogP contribution < -0.4 is 0 Å². The summed E-state index contributed by atoms with van der Waals surface area (Å²) in [6.45, 7) is 2.04. The Morgan fingerprint density at radius 1 is 1.23 bits per heavy atom. The molecule has 6 heteroatoms. The number of halogens is 1. The first-order valence-electron chi connectivity index (χ1n) is 6.63. The molecular weight excluding hydrogens is 304 g/mol. The van der Waals surface area contributed by atoms with E-state index < -0.39 is 4.92 Å². The van der Waals surface area contributed by atoms with Gasteiger partial charge in [0.1, 0.15) is 0 Å². The third kappa shape index (κ3) is 3.62. The zero-order chi connectivity index (χ0) is 16.3. The lowest BCUT2D eigenvalue weighted by atomic mass is 10.1. The summed E-state index contributed by atoms with van der Waals surface area (Å²) in [7, 11) is 1.66. The molecule has 2 aromatic rings. The molecule has 0 unspecified atom stereocenters. The molecule has 0 saturated carbocycles. The van der Waals surface area contributed by atoms with Crippen LogP contribution in [0, 0.1) is 17.0 Å². The molecule has 0 radical (unpaired) electrons. The first-order chi connectivity index (χ1) is 10.4. The Balaban J connectivity index is 2.18. The maximum atomic E-state index is 12.4. The van der Waals surface area contributed by atoms with E-state index in [1.807, 2.05) is 12.1 Å². The van der Waals surface area contributed by atoms with Crippen LogP contribution in [0.25, 0.3) is 0 Å². The fourth-order valence-electron chi connectivity index (χ4n) is 2.09. The minimum atomic E-state index is -0.481. The Hall–Kier alpha value is -2.40. The Labute approximate surface area is 133 Å². The lowest BCUT2D eigenvalue weighted by Crippen LogP contribution is -2.26. The molecular formula is C16H15ClN2O3. The highest BCUT2D eigenvalue weighted by Crippen LogP contribution is 2.20. The van der Waals surface area contributed by atoms with Crippen LogP contribution in [0.2, 0.25) is 5.02 Å². The van der Waals surface area contributed by atoms with Crippen LogP contribution in [0.5, 0.6) is 0 Å². The molecule has 0 bridgehead atoms. The third-order valence-corrected chi connectivity index (χ3v) is 3.58. The first-order valence-corrected chi connectivity index (χ1v) is 7.01. The number of amides is 1. The van der Waals surface area contributed by atoms with E-state index in [2.05, 4.69) is 0 Å². The van der Waals surface area contributed by atoms with Crippen molar-refractivity contribution in [1.29, 1.82) is 0 Å². The van der Waals surface area contributed by atoms with Gasteiger partial charge in [-0.05, 0) is 30.7 Å². The van der Waals surface area contributed by atoms with Gasteiger partial charge in [0, 0.05) is 35.8 Å². The highest BCUT2D eigenvalue weighted by molar-refractivity contribution is 6.30. The predicted octanol–water partition coefficient (Wildman–Crippen LogP) is 3.83. The van der Waals surface area contributed by atoms with Crippen molar-refractivity contribution in [3.05, 3.63) is 74.3 Å². The molecule has 0 saturated heterocycles. The van der Waals surface area contributed by atoms with Gasteiger partial charge < -0.3 is 4.90 Å². The van der Waals surface area contributed by atoms with E-state index in [0.29, 0.717) is 22.7 Å². The molecule has 0 N–H and O–H groups in total. The topological polar surface area (TPSA) is 63.5 Å². The molecule has 2 rings (SSSR count). The molecule has 0 heterocycles. The summed E-state index contributed by atoms with van der Waals surface area (Å²) in [6, 6.07) is 11.7. The lowest BCUT2D eigenvalue weighted by Gasteiger charge is -2.17. The molecule has 5 nitrogen and oxygen atoms in total. The van der Waals surface area contributed by atoms with Crippen molar-refractivity contribution in [3.8, 4) is 0 Å². The number of nitro groups is 1. The quantitative estimate of drug-likeness (QED) is 0.635. The SMILES string of the molecule is Cc1ccc(C(=O)N(C)Cc2ccc(Cl)cc2)cc1[N+](=O)[O-]. The van der Waals surface area contributed by atoms with E-state index in [1.54, 1.807) is 38.2 Å². The molecule has 0 aliphatic heterocycles. The number of hydrogen-bond donors (Lipinski definition) is 0. The predicted molar refractivity (Wildman–Crippen MR) is 85.1 cm³/mol. The molecule has 0 aliphatic rings. The molecule has 1 amide bonds. The molecule has 0 spiro atoms. The van der Waals surface area contributed by atoms with Gasteiger partial charge in [-0.3, -0.25) is 14.9 Å². The van der Waals surface area contributed by atoms with E-state index >= 15 is 0 Å². The molecule has 0 fully saturated rings. The average Bonchev–Trinajstić information content (AvgIpc) is 2.49. The zero-order valence-electron chi connectivity index (χ0n) is 12.2. The molecule has 0 aliphatic carbocycles. The Bertz CT molecular complexity index is 714. The second kappa shape index (κ2) is 6.58. The second-order valence-corrected chi connectivity index (χ2v) is 5.48. The van der Waals surface area contributed by atoms with Crippen molar-refractivity contribution >= 4 is 23.2 Å². The summed E-state index contributed by atoms with van der Waals surface area (Å²) < 4.78 is 0. The van der Waals surface area contributed by atoms with Gasteiger partial charge >= 0.3 is 0 Å². The van der Waals surface area contributed by atoms with E-state index in [-0.39, 0.29) is 11.6 Å². The fraction of sp³-hybridized carbons (Fsp3) is 0.188. The highest BCUT2D eigenvalue weighted by Gasteiger charge is 2.17. The smallest absolute Gasteiger partial charge is 0.273 e. The molecule has 0 aromatic heterocycles. The number of hydrogen-bond acceptors (Lipinski definition) is 3. The van der Waals surface area contributed by atoms with Crippen LogP contribution in [0.1, 0.15) is 21.5 Å². The van der Waals surface area contributed by atoms with Gasteiger partial charge in [-0.1, -0.05) is 29.8 Å². The standard InChI is InChI=1S/C16H15ClN2O3/c1-11-3-6-13(9-15(11)19(21)22)16(20)18(2)10-12-4-7-14(17)8-5-12/h3-9H,10H2,1-2H3. The summed E-state index contributed by atoms with van der Waals surface area (Å²) in [5.41, 5.74) is 1.71.